The normalized spacial score (nSPS) is 19.3. The molecule has 4 nitrogen and oxygen atoms in total. The maximum absolute atomic E-state index is 10.0. The molecule has 0 saturated heterocycles. The molecule has 0 amide bonds. The van der Waals surface area contributed by atoms with Crippen molar-refractivity contribution in [3.8, 4) is 5.75 Å². The Morgan fingerprint density at radius 1 is 1.30 bits per heavy atom. The van der Waals surface area contributed by atoms with Crippen LogP contribution in [0.3, 0.4) is 0 Å². The summed E-state index contributed by atoms with van der Waals surface area (Å²) in [7, 11) is 1.71. The van der Waals surface area contributed by atoms with Gasteiger partial charge in [-0.2, -0.15) is 0 Å². The highest BCUT2D eigenvalue weighted by atomic mass is 16.5. The molecule has 4 heteroatoms. The molecule has 1 aromatic heterocycles. The summed E-state index contributed by atoms with van der Waals surface area (Å²) in [5, 5.41) is 11.1. The maximum Gasteiger partial charge on any atom is 0.128 e. The highest BCUT2D eigenvalue weighted by molar-refractivity contribution is 5.91. The monoisotopic (exact) mass is 362 g/mol. The van der Waals surface area contributed by atoms with E-state index in [-0.39, 0.29) is 17.2 Å². The molecule has 2 aliphatic heterocycles. The third-order valence-corrected chi connectivity index (χ3v) is 5.59. The predicted molar refractivity (Wildman–Crippen MR) is 111 cm³/mol. The van der Waals surface area contributed by atoms with E-state index in [0.29, 0.717) is 5.57 Å². The molecule has 0 spiro atoms. The van der Waals surface area contributed by atoms with Crippen LogP contribution in [0.2, 0.25) is 0 Å². The van der Waals surface area contributed by atoms with E-state index in [2.05, 4.69) is 55.5 Å². The molecular weight excluding hydrogens is 336 g/mol. The number of hydrogen-bond donors (Lipinski definition) is 1. The lowest BCUT2D eigenvalue weighted by Gasteiger charge is -2.46. The van der Waals surface area contributed by atoms with Gasteiger partial charge in [0.15, 0.2) is 0 Å². The Morgan fingerprint density at radius 3 is 2.67 bits per heavy atom. The van der Waals surface area contributed by atoms with Gasteiger partial charge in [0.2, 0.25) is 0 Å². The number of allylic oxidation sites excluding steroid dienone is 2. The van der Waals surface area contributed by atoms with Gasteiger partial charge < -0.3 is 19.3 Å². The predicted octanol–water partition coefficient (Wildman–Crippen LogP) is 5.25. The molecule has 0 saturated carbocycles. The van der Waals surface area contributed by atoms with Crippen molar-refractivity contribution in [2.75, 3.05) is 7.11 Å². The first-order valence-electron chi connectivity index (χ1n) is 9.18. The number of hydrogen-bond acceptors (Lipinski definition) is 3. The average molecular weight is 362 g/mol. The van der Waals surface area contributed by atoms with Crippen molar-refractivity contribution in [1.29, 1.82) is 0 Å². The molecule has 1 aromatic carbocycles. The molecule has 3 heterocycles. The zero-order valence-corrected chi connectivity index (χ0v) is 16.4. The van der Waals surface area contributed by atoms with Gasteiger partial charge in [-0.25, -0.2) is 0 Å². The Morgan fingerprint density at radius 2 is 2.04 bits per heavy atom. The highest BCUT2D eigenvalue weighted by Crippen LogP contribution is 2.44. The zero-order valence-electron chi connectivity index (χ0n) is 16.4. The molecule has 0 aliphatic carbocycles. The largest absolute Gasteiger partial charge is 0.508 e. The fourth-order valence-electron chi connectivity index (χ4n) is 4.13. The van der Waals surface area contributed by atoms with Crippen molar-refractivity contribution < 1.29 is 9.84 Å². The first-order valence-corrected chi connectivity index (χ1v) is 9.18. The number of aliphatic hydroxyl groups excluding tert-OH is 1. The van der Waals surface area contributed by atoms with E-state index in [1.54, 1.807) is 7.11 Å². The van der Waals surface area contributed by atoms with Crippen LogP contribution < -0.4 is 4.74 Å². The lowest BCUT2D eigenvalue weighted by Crippen LogP contribution is -2.47. The van der Waals surface area contributed by atoms with E-state index < -0.39 is 0 Å². The summed E-state index contributed by atoms with van der Waals surface area (Å²) >= 11 is 0. The molecule has 1 N–H and O–H groups in total. The van der Waals surface area contributed by atoms with Gasteiger partial charge in [-0.05, 0) is 35.3 Å². The summed E-state index contributed by atoms with van der Waals surface area (Å²) in [6.07, 6.45) is 4.04. The number of aromatic nitrogens is 1. The number of benzene rings is 1. The minimum absolute atomic E-state index is 0.0311. The second kappa shape index (κ2) is 5.81. The third-order valence-electron chi connectivity index (χ3n) is 5.59. The Hall–Kier alpha value is -2.88. The van der Waals surface area contributed by atoms with Gasteiger partial charge in [0, 0.05) is 23.7 Å². The second-order valence-electron chi connectivity index (χ2n) is 8.37. The van der Waals surface area contributed by atoms with Crippen molar-refractivity contribution in [3.05, 3.63) is 72.3 Å². The molecule has 4 rings (SSSR count). The molecule has 0 bridgehead atoms. The van der Waals surface area contributed by atoms with Crippen molar-refractivity contribution in [2.24, 2.45) is 5.41 Å². The van der Waals surface area contributed by atoms with Crippen molar-refractivity contribution in [1.82, 2.24) is 9.47 Å². The van der Waals surface area contributed by atoms with E-state index in [0.717, 1.165) is 34.6 Å². The van der Waals surface area contributed by atoms with Gasteiger partial charge in [-0.15, -0.1) is 0 Å². The standard InChI is InChI=1S/C23H26N2O2/c1-14-10-19-20-11-16-18(8-7-9-21(16)27-6)24(20)13-22(23(3,4)5)25(19)12-17(14)15(2)26/h7-12,22,26H,1-2,13H2,3-6H3. The Bertz CT molecular complexity index is 1030. The summed E-state index contributed by atoms with van der Waals surface area (Å²) in [6, 6.07) is 8.59. The highest BCUT2D eigenvalue weighted by Gasteiger charge is 2.39. The maximum atomic E-state index is 10.0. The second-order valence-corrected chi connectivity index (χ2v) is 8.37. The molecular formula is C23H26N2O2. The molecule has 0 radical (unpaired) electrons. The van der Waals surface area contributed by atoms with Gasteiger partial charge in [-0.3, -0.25) is 0 Å². The molecule has 0 fully saturated rings. The van der Waals surface area contributed by atoms with Gasteiger partial charge in [-0.1, -0.05) is 40.0 Å². The van der Waals surface area contributed by atoms with Crippen LogP contribution >= 0.6 is 0 Å². The molecule has 27 heavy (non-hydrogen) atoms. The zero-order chi connectivity index (χ0) is 19.5. The third kappa shape index (κ3) is 2.59. The topological polar surface area (TPSA) is 37.6 Å². The van der Waals surface area contributed by atoms with Crippen LogP contribution in [-0.2, 0) is 6.54 Å². The summed E-state index contributed by atoms with van der Waals surface area (Å²) in [5.41, 5.74) is 4.89. The summed E-state index contributed by atoms with van der Waals surface area (Å²) in [5.74, 6) is 0.930. The van der Waals surface area contributed by atoms with Gasteiger partial charge in [0.05, 0.1) is 30.1 Å². The first-order chi connectivity index (χ1) is 12.7. The lowest BCUT2D eigenvalue weighted by atomic mass is 9.83. The van der Waals surface area contributed by atoms with Crippen molar-refractivity contribution in [2.45, 2.75) is 33.4 Å². The van der Waals surface area contributed by atoms with E-state index in [4.69, 9.17) is 4.74 Å². The number of rotatable bonds is 2. The van der Waals surface area contributed by atoms with E-state index >= 15 is 0 Å². The van der Waals surface area contributed by atoms with Gasteiger partial charge in [0.25, 0.3) is 0 Å². The summed E-state index contributed by atoms with van der Waals surface area (Å²) in [4.78, 5) is 2.27. The Labute approximate surface area is 160 Å². The molecule has 2 aromatic rings. The summed E-state index contributed by atoms with van der Waals surface area (Å²) < 4.78 is 7.96. The van der Waals surface area contributed by atoms with Crippen LogP contribution in [0.1, 0.15) is 26.5 Å². The minimum atomic E-state index is 0.0311. The Balaban J connectivity index is 1.98. The molecule has 140 valence electrons. The quantitative estimate of drug-likeness (QED) is 0.742. The fourth-order valence-corrected chi connectivity index (χ4v) is 4.13. The van der Waals surface area contributed by atoms with Crippen LogP contribution in [-0.4, -0.2) is 27.7 Å². The van der Waals surface area contributed by atoms with Crippen molar-refractivity contribution in [3.63, 3.8) is 0 Å². The smallest absolute Gasteiger partial charge is 0.128 e. The SMILES string of the molecule is C=C(O)C1=CN2C(=CC1=C)c1cc3c(OC)cccc3n1CC2C(C)(C)C. The van der Waals surface area contributed by atoms with E-state index in [1.165, 1.54) is 5.52 Å². The number of ether oxygens (including phenoxy) is 1. The number of fused-ring (bicyclic) bond motifs is 5. The molecule has 2 aliphatic rings. The Kier molecular flexibility index (Phi) is 3.77. The van der Waals surface area contributed by atoms with Crippen LogP contribution in [0.5, 0.6) is 5.75 Å². The summed E-state index contributed by atoms with van der Waals surface area (Å²) in [6.45, 7) is 15.4. The minimum Gasteiger partial charge on any atom is -0.508 e. The van der Waals surface area contributed by atoms with Gasteiger partial charge in [0.1, 0.15) is 11.5 Å². The first kappa shape index (κ1) is 17.5. The van der Waals surface area contributed by atoms with E-state index in [9.17, 15) is 5.11 Å². The van der Waals surface area contributed by atoms with Crippen LogP contribution in [0.25, 0.3) is 16.6 Å². The number of methoxy groups -OCH3 is 1. The van der Waals surface area contributed by atoms with Crippen LogP contribution in [0.15, 0.2) is 66.6 Å². The number of aliphatic hydroxyl groups is 1. The molecule has 1 unspecified atom stereocenters. The number of nitrogens with zero attached hydrogens (tertiary/aromatic N) is 2. The van der Waals surface area contributed by atoms with E-state index in [1.807, 2.05) is 24.4 Å². The molecule has 1 atom stereocenters. The van der Waals surface area contributed by atoms with Crippen LogP contribution in [0, 0.1) is 5.41 Å². The van der Waals surface area contributed by atoms with Gasteiger partial charge >= 0.3 is 0 Å². The van der Waals surface area contributed by atoms with Crippen LogP contribution in [0.4, 0.5) is 0 Å². The average Bonchev–Trinajstić information content (AvgIpc) is 2.98. The van der Waals surface area contributed by atoms with Crippen molar-refractivity contribution >= 4 is 16.6 Å². The fraction of sp³-hybridized carbons (Fsp3) is 0.304. The lowest BCUT2D eigenvalue weighted by molar-refractivity contribution is 0.163.